The molecule has 0 unspecified atom stereocenters. The molecule has 1 aromatic rings. The van der Waals surface area contributed by atoms with Crippen molar-refractivity contribution in [3.63, 3.8) is 0 Å². The third-order valence-electron chi connectivity index (χ3n) is 1.85. The monoisotopic (exact) mass is 246 g/mol. The van der Waals surface area contributed by atoms with Crippen LogP contribution >= 0.6 is 0 Å². The summed E-state index contributed by atoms with van der Waals surface area (Å²) in [6.45, 7) is -0.0758. The van der Waals surface area contributed by atoms with Crippen molar-refractivity contribution < 1.29 is 22.6 Å². The second kappa shape index (κ2) is 5.56. The molecular weight excluding hydrogens is 236 g/mol. The van der Waals surface area contributed by atoms with Crippen LogP contribution in [-0.4, -0.2) is 20.5 Å². The molecule has 0 aliphatic carbocycles. The quantitative estimate of drug-likeness (QED) is 0.474. The average Bonchev–Trinajstić information content (AvgIpc) is 2.25. The van der Waals surface area contributed by atoms with Crippen LogP contribution in [0.2, 0.25) is 0 Å². The van der Waals surface area contributed by atoms with Gasteiger partial charge in [0.2, 0.25) is 0 Å². The fraction of sp³-hybridized carbons (Fsp3) is 0.333. The van der Waals surface area contributed by atoms with Gasteiger partial charge < -0.3 is 0 Å². The molecule has 0 aliphatic rings. The predicted octanol–water partition coefficient (Wildman–Crippen LogP) is 2.06. The number of benzene rings is 1. The molecule has 0 radical (unpaired) electrons. The Hall–Kier alpha value is -1.73. The first kappa shape index (κ1) is 13.3. The topological polar surface area (TPSA) is 68.3 Å². The molecule has 0 aliphatic heterocycles. The number of hydrogen-bond acceptors (Lipinski definition) is 4. The Balaban J connectivity index is 2.80. The second-order valence-electron chi connectivity index (χ2n) is 3.09. The fourth-order valence-corrected chi connectivity index (χ4v) is 1.15. The molecule has 0 fully saturated rings. The zero-order chi connectivity index (χ0) is 12.9. The van der Waals surface area contributed by atoms with E-state index in [1.165, 1.54) is 6.07 Å². The van der Waals surface area contributed by atoms with Gasteiger partial charge in [-0.05, 0) is 0 Å². The summed E-state index contributed by atoms with van der Waals surface area (Å²) in [6, 6.07) is 3.29. The number of halogens is 3. The molecule has 3 N–H and O–H groups in total. The van der Waals surface area contributed by atoms with E-state index < -0.39 is 11.7 Å². The molecule has 0 spiro atoms. The number of hydrogen-bond donors (Lipinski definition) is 2. The molecule has 0 aromatic heterocycles. The first-order chi connectivity index (χ1) is 7.95. The number of nitrogen functional groups attached to an aromatic ring is 1. The van der Waals surface area contributed by atoms with Crippen LogP contribution in [0.4, 0.5) is 18.9 Å². The maximum absolute atomic E-state index is 12.6. The van der Waals surface area contributed by atoms with E-state index in [-0.39, 0.29) is 24.7 Å². The molecule has 0 saturated heterocycles. The van der Waals surface area contributed by atoms with Crippen molar-refractivity contribution in [2.24, 2.45) is 0 Å². The number of ether oxygens (including phenoxy) is 1. The van der Waals surface area contributed by atoms with Gasteiger partial charge in [0.15, 0.2) is 0 Å². The third-order valence-corrected chi connectivity index (χ3v) is 1.85. The summed E-state index contributed by atoms with van der Waals surface area (Å²) in [5.74, 6) is -0.305. The minimum atomic E-state index is -4.52. The Labute approximate surface area is 96.3 Å². The van der Waals surface area contributed by atoms with Crippen LogP contribution in [0.15, 0.2) is 18.2 Å². The van der Waals surface area contributed by atoms with E-state index >= 15 is 0 Å². The molecule has 0 bridgehead atoms. The normalized spacial score (nSPS) is 10.8. The van der Waals surface area contributed by atoms with Crippen LogP contribution in [0.1, 0.15) is 5.56 Å². The Kier molecular flexibility index (Phi) is 4.36. The van der Waals surface area contributed by atoms with Gasteiger partial charge in [0.1, 0.15) is 0 Å². The van der Waals surface area contributed by atoms with Gasteiger partial charge in [-0.2, -0.15) is 0 Å². The Morgan fingerprint density at radius 1 is 1.29 bits per heavy atom. The van der Waals surface area contributed by atoms with Crippen molar-refractivity contribution in [3.8, 4) is 5.75 Å². The van der Waals surface area contributed by atoms with Crippen molar-refractivity contribution >= 4 is 13.0 Å². The Morgan fingerprint density at radius 2 is 2.00 bits per heavy atom. The second-order valence-corrected chi connectivity index (χ2v) is 3.09. The van der Waals surface area contributed by atoms with Crippen molar-refractivity contribution in [1.82, 2.24) is 0 Å². The van der Waals surface area contributed by atoms with Gasteiger partial charge in [-0.3, -0.25) is 0 Å². The number of nitrogens with one attached hydrogen (secondary N) is 1. The molecule has 0 atom stereocenters. The summed E-state index contributed by atoms with van der Waals surface area (Å²) < 4.78 is 47.2. The molecule has 17 heavy (non-hydrogen) atoms. The average molecular weight is 246 g/mol. The number of rotatable bonds is 5. The maximum atomic E-state index is 12.6. The molecule has 0 amide bonds. The van der Waals surface area contributed by atoms with E-state index in [2.05, 4.69) is 4.65 Å². The molecule has 8 heteroatoms. The van der Waals surface area contributed by atoms with E-state index in [4.69, 9.17) is 15.8 Å². The molecule has 4 nitrogen and oxygen atoms in total. The Morgan fingerprint density at radius 3 is 2.59 bits per heavy atom. The molecule has 0 heterocycles. The molecule has 92 valence electrons. The van der Waals surface area contributed by atoms with E-state index in [1.54, 1.807) is 0 Å². The molecule has 1 aromatic carbocycles. The van der Waals surface area contributed by atoms with E-state index in [1.807, 2.05) is 0 Å². The summed E-state index contributed by atoms with van der Waals surface area (Å²) in [5, 5.41) is 6.56. The Bertz CT molecular complexity index is 398. The third kappa shape index (κ3) is 3.97. The zero-order valence-electron chi connectivity index (χ0n) is 8.75. The summed E-state index contributed by atoms with van der Waals surface area (Å²) in [6.07, 6.45) is -4.52. The van der Waals surface area contributed by atoms with Crippen molar-refractivity contribution in [2.45, 2.75) is 6.18 Å². The van der Waals surface area contributed by atoms with Gasteiger partial charge in [-0.1, -0.05) is 0 Å². The van der Waals surface area contributed by atoms with Crippen LogP contribution < -0.4 is 10.5 Å². The van der Waals surface area contributed by atoms with E-state index in [0.29, 0.717) is 7.27 Å². The van der Waals surface area contributed by atoms with Crippen molar-refractivity contribution in [2.75, 3.05) is 18.9 Å². The molecular formula is C9H10BF3N2O2. The summed E-state index contributed by atoms with van der Waals surface area (Å²) in [7, 11) is 0.691. The number of nitrogens with two attached hydrogens (primary N) is 1. The van der Waals surface area contributed by atoms with Crippen LogP contribution in [0.5, 0.6) is 5.75 Å². The van der Waals surface area contributed by atoms with Crippen LogP contribution in [0.3, 0.4) is 0 Å². The van der Waals surface area contributed by atoms with Gasteiger partial charge in [-0.25, -0.2) is 0 Å². The van der Waals surface area contributed by atoms with Gasteiger partial charge in [0.25, 0.3) is 0 Å². The summed E-state index contributed by atoms with van der Waals surface area (Å²) in [5.41, 5.74) is 4.38. The summed E-state index contributed by atoms with van der Waals surface area (Å²) in [4.78, 5) is 0. The predicted molar refractivity (Wildman–Crippen MR) is 55.8 cm³/mol. The molecule has 1 rings (SSSR count). The van der Waals surface area contributed by atoms with Gasteiger partial charge in [-0.15, -0.1) is 0 Å². The van der Waals surface area contributed by atoms with Gasteiger partial charge in [0.05, 0.1) is 0 Å². The van der Waals surface area contributed by atoms with Crippen molar-refractivity contribution in [1.29, 1.82) is 5.31 Å². The van der Waals surface area contributed by atoms with Crippen LogP contribution in [0.25, 0.3) is 0 Å². The van der Waals surface area contributed by atoms with Crippen LogP contribution in [0, 0.1) is 5.31 Å². The first-order valence-electron chi connectivity index (χ1n) is 4.65. The number of alkyl halides is 3. The van der Waals surface area contributed by atoms with E-state index in [9.17, 15) is 13.2 Å². The van der Waals surface area contributed by atoms with Crippen molar-refractivity contribution in [3.05, 3.63) is 23.8 Å². The molecule has 0 saturated carbocycles. The zero-order valence-corrected chi connectivity index (χ0v) is 8.75. The van der Waals surface area contributed by atoms with E-state index in [0.717, 1.165) is 12.1 Å². The van der Waals surface area contributed by atoms with Gasteiger partial charge in [0, 0.05) is 0 Å². The minimum absolute atomic E-state index is 0.00513. The summed E-state index contributed by atoms with van der Waals surface area (Å²) >= 11 is 0. The SMILES string of the molecule is N=BOCCOc1ccc(N)cc1C(F)(F)F. The number of anilines is 1. The van der Waals surface area contributed by atoms with Crippen LogP contribution in [-0.2, 0) is 10.8 Å². The first-order valence-corrected chi connectivity index (χ1v) is 4.65. The standard InChI is InChI=1S/C9H10BF3N2O2/c11-9(12,13)7-5-6(14)1-2-8(7)16-3-4-17-10-15/h1-2,5,15H,3-4,14H2. The fourth-order valence-electron chi connectivity index (χ4n) is 1.15. The van der Waals surface area contributed by atoms with Gasteiger partial charge >= 0.3 is 95.5 Å².